The Balaban J connectivity index is 1.59. The lowest BCUT2D eigenvalue weighted by molar-refractivity contribution is -0.118. The summed E-state index contributed by atoms with van der Waals surface area (Å²) in [6.07, 6.45) is 0.683. The maximum Gasteiger partial charge on any atom is 0.238 e. The lowest BCUT2D eigenvalue weighted by Crippen LogP contribution is -2.29. The van der Waals surface area contributed by atoms with Crippen LogP contribution in [0.5, 0.6) is 0 Å². The summed E-state index contributed by atoms with van der Waals surface area (Å²) < 4.78 is 14.6. The van der Waals surface area contributed by atoms with E-state index in [1.807, 2.05) is 68.4 Å². The summed E-state index contributed by atoms with van der Waals surface area (Å²) in [5.41, 5.74) is 3.65. The smallest absolute Gasteiger partial charge is 0.238 e. The predicted molar refractivity (Wildman–Crippen MR) is 128 cm³/mol. The Bertz CT molecular complexity index is 1140. The number of nitrogens with zero attached hydrogens (tertiary/aromatic N) is 1. The third-order valence-electron chi connectivity index (χ3n) is 5.60. The van der Waals surface area contributed by atoms with Crippen molar-refractivity contribution in [2.45, 2.75) is 31.6 Å². The van der Waals surface area contributed by atoms with E-state index in [0.29, 0.717) is 12.1 Å². The number of amides is 2. The first kappa shape index (κ1) is 22.1. The summed E-state index contributed by atoms with van der Waals surface area (Å²) in [5.74, 6) is -0.600. The lowest BCUT2D eigenvalue weighted by Gasteiger charge is -2.25. The Labute approximate surface area is 191 Å². The van der Waals surface area contributed by atoms with E-state index in [0.717, 1.165) is 16.7 Å². The van der Waals surface area contributed by atoms with Crippen LogP contribution in [0.15, 0.2) is 72.8 Å². The highest BCUT2D eigenvalue weighted by Gasteiger charge is 2.35. The fourth-order valence-corrected chi connectivity index (χ4v) is 5.15. The molecule has 1 N–H and O–H groups in total. The van der Waals surface area contributed by atoms with Gasteiger partial charge in [-0.1, -0.05) is 55.5 Å². The van der Waals surface area contributed by atoms with Gasteiger partial charge in [-0.2, -0.15) is 0 Å². The molecule has 6 heteroatoms. The molecule has 0 aromatic heterocycles. The fourth-order valence-electron chi connectivity index (χ4n) is 4.00. The molecule has 4 nitrogen and oxygen atoms in total. The molecule has 1 heterocycles. The van der Waals surface area contributed by atoms with Crippen LogP contribution in [0.4, 0.5) is 15.8 Å². The number of halogens is 1. The summed E-state index contributed by atoms with van der Waals surface area (Å²) in [7, 11) is 0. The van der Waals surface area contributed by atoms with Crippen LogP contribution < -0.4 is 10.2 Å². The van der Waals surface area contributed by atoms with E-state index in [2.05, 4.69) is 5.32 Å². The van der Waals surface area contributed by atoms with Gasteiger partial charge in [0.25, 0.3) is 0 Å². The van der Waals surface area contributed by atoms with Gasteiger partial charge in [-0.15, -0.1) is 11.8 Å². The van der Waals surface area contributed by atoms with Crippen LogP contribution in [0.3, 0.4) is 0 Å². The molecule has 0 unspecified atom stereocenters. The molecule has 0 saturated carbocycles. The van der Waals surface area contributed by atoms with Crippen molar-refractivity contribution in [3.63, 3.8) is 0 Å². The van der Waals surface area contributed by atoms with Gasteiger partial charge in [0.05, 0.1) is 17.4 Å². The van der Waals surface area contributed by atoms with Crippen molar-refractivity contribution in [3.8, 4) is 0 Å². The van der Waals surface area contributed by atoms with Crippen LogP contribution in [0.1, 0.15) is 41.3 Å². The summed E-state index contributed by atoms with van der Waals surface area (Å²) in [6.45, 7) is 3.86. The number of benzene rings is 3. The molecule has 2 atom stereocenters. The van der Waals surface area contributed by atoms with Crippen LogP contribution >= 0.6 is 11.8 Å². The van der Waals surface area contributed by atoms with Crippen LogP contribution in [0, 0.1) is 12.7 Å². The molecular formula is C26H25FN2O2S. The second-order valence-corrected chi connectivity index (χ2v) is 8.94. The van der Waals surface area contributed by atoms with E-state index < -0.39 is 5.82 Å². The summed E-state index contributed by atoms with van der Waals surface area (Å²) in [6, 6.07) is 21.9. The average molecular weight is 449 g/mol. The maximum atomic E-state index is 14.6. The van der Waals surface area contributed by atoms with Crippen molar-refractivity contribution >= 4 is 35.0 Å². The average Bonchev–Trinajstić information content (AvgIpc) is 3.18. The van der Waals surface area contributed by atoms with E-state index >= 15 is 0 Å². The van der Waals surface area contributed by atoms with Gasteiger partial charge in [0.2, 0.25) is 11.8 Å². The molecule has 1 saturated heterocycles. The molecule has 0 radical (unpaired) electrons. The molecule has 0 aliphatic carbocycles. The Morgan fingerprint density at radius 1 is 1.12 bits per heavy atom. The van der Waals surface area contributed by atoms with Crippen LogP contribution in [-0.2, 0) is 9.59 Å². The number of hydrogen-bond acceptors (Lipinski definition) is 3. The summed E-state index contributed by atoms with van der Waals surface area (Å²) in [5, 5.41) is 2.66. The SMILES string of the molecule is CC[C@@H](C(=O)Nc1cccc([C@H]2SCC(=O)N2c2cc(C)ccc2F)c1)c1ccccc1. The van der Waals surface area contributed by atoms with Crippen LogP contribution in [0.25, 0.3) is 0 Å². The van der Waals surface area contributed by atoms with Gasteiger partial charge in [-0.3, -0.25) is 14.5 Å². The Morgan fingerprint density at radius 3 is 2.66 bits per heavy atom. The van der Waals surface area contributed by atoms with Gasteiger partial charge in [0, 0.05) is 5.69 Å². The number of thioether (sulfide) groups is 1. The number of aryl methyl sites for hydroxylation is 1. The molecule has 32 heavy (non-hydrogen) atoms. The lowest BCUT2D eigenvalue weighted by atomic mass is 9.95. The monoisotopic (exact) mass is 448 g/mol. The number of carbonyl (C=O) groups excluding carboxylic acids is 2. The third-order valence-corrected chi connectivity index (χ3v) is 6.81. The van der Waals surface area contributed by atoms with E-state index in [4.69, 9.17) is 0 Å². The normalized spacial score (nSPS) is 16.8. The van der Waals surface area contributed by atoms with Crippen LogP contribution in [0.2, 0.25) is 0 Å². The molecule has 2 amide bonds. The fraction of sp³-hybridized carbons (Fsp3) is 0.231. The molecule has 1 aliphatic rings. The van der Waals surface area contributed by atoms with Crippen molar-refractivity contribution in [2.75, 3.05) is 16.0 Å². The second kappa shape index (κ2) is 9.57. The number of rotatable bonds is 6. The van der Waals surface area contributed by atoms with E-state index in [1.165, 1.54) is 22.7 Å². The van der Waals surface area contributed by atoms with Crippen molar-refractivity contribution < 1.29 is 14.0 Å². The third kappa shape index (κ3) is 4.55. The number of nitrogens with one attached hydrogen (secondary N) is 1. The molecule has 1 aliphatic heterocycles. The van der Waals surface area contributed by atoms with Gasteiger partial charge in [-0.25, -0.2) is 4.39 Å². The number of carbonyl (C=O) groups is 2. The van der Waals surface area contributed by atoms with Crippen molar-refractivity contribution in [3.05, 3.63) is 95.3 Å². The van der Waals surface area contributed by atoms with Crippen molar-refractivity contribution in [2.24, 2.45) is 0 Å². The summed E-state index contributed by atoms with van der Waals surface area (Å²) in [4.78, 5) is 27.1. The molecule has 0 spiro atoms. The summed E-state index contributed by atoms with van der Waals surface area (Å²) >= 11 is 1.45. The number of anilines is 2. The molecule has 0 bridgehead atoms. The first-order valence-corrected chi connectivity index (χ1v) is 11.7. The molecule has 1 fully saturated rings. The molecule has 164 valence electrons. The second-order valence-electron chi connectivity index (χ2n) is 7.87. The highest BCUT2D eigenvalue weighted by Crippen LogP contribution is 2.43. The van der Waals surface area contributed by atoms with Gasteiger partial charge in [0.15, 0.2) is 0 Å². The van der Waals surface area contributed by atoms with Crippen LogP contribution in [-0.4, -0.2) is 17.6 Å². The van der Waals surface area contributed by atoms with E-state index in [-0.39, 0.29) is 34.5 Å². The topological polar surface area (TPSA) is 49.4 Å². The van der Waals surface area contributed by atoms with Gasteiger partial charge < -0.3 is 5.32 Å². The Kier molecular flexibility index (Phi) is 6.61. The van der Waals surface area contributed by atoms with E-state index in [1.54, 1.807) is 12.1 Å². The van der Waals surface area contributed by atoms with Crippen molar-refractivity contribution in [1.29, 1.82) is 0 Å². The first-order valence-electron chi connectivity index (χ1n) is 10.6. The quantitative estimate of drug-likeness (QED) is 0.500. The molecule has 3 aromatic carbocycles. The zero-order valence-corrected chi connectivity index (χ0v) is 18.9. The largest absolute Gasteiger partial charge is 0.326 e. The molecule has 3 aromatic rings. The molecule has 4 rings (SSSR count). The van der Waals surface area contributed by atoms with Crippen molar-refractivity contribution in [1.82, 2.24) is 0 Å². The highest BCUT2D eigenvalue weighted by molar-refractivity contribution is 8.00. The first-order chi connectivity index (χ1) is 15.5. The minimum absolute atomic E-state index is 0.0763. The van der Waals surface area contributed by atoms with E-state index in [9.17, 15) is 14.0 Å². The van der Waals surface area contributed by atoms with Gasteiger partial charge in [0.1, 0.15) is 11.2 Å². The standard InChI is InChI=1S/C26H25FN2O2S/c1-3-21(18-8-5-4-6-9-18)25(31)28-20-11-7-10-19(15-20)26-29(24(30)16-32-26)23-14-17(2)12-13-22(23)27/h4-15,21,26H,3,16H2,1-2H3,(H,28,31)/t21-,26-/m1/s1. The minimum Gasteiger partial charge on any atom is -0.326 e. The highest BCUT2D eigenvalue weighted by atomic mass is 32.2. The maximum absolute atomic E-state index is 14.6. The Morgan fingerprint density at radius 2 is 1.91 bits per heavy atom. The molecular weight excluding hydrogens is 423 g/mol. The van der Waals surface area contributed by atoms with Gasteiger partial charge >= 0.3 is 0 Å². The van der Waals surface area contributed by atoms with Gasteiger partial charge in [-0.05, 0) is 54.3 Å². The zero-order valence-electron chi connectivity index (χ0n) is 18.0. The predicted octanol–water partition coefficient (Wildman–Crippen LogP) is 6.05. The number of hydrogen-bond donors (Lipinski definition) is 1. The zero-order chi connectivity index (χ0) is 22.7. The Hall–Kier alpha value is -3.12. The minimum atomic E-state index is -0.422.